The second kappa shape index (κ2) is 9.94. The Morgan fingerprint density at radius 3 is 2.47 bits per heavy atom. The second-order valence-corrected chi connectivity index (χ2v) is 9.89. The van der Waals surface area contributed by atoms with Crippen molar-refractivity contribution >= 4 is 26.7 Å². The Morgan fingerprint density at radius 1 is 0.895 bits per heavy atom. The molecule has 2 heterocycles. The summed E-state index contributed by atoms with van der Waals surface area (Å²) in [6.07, 6.45) is 1.43. The lowest BCUT2D eigenvalue weighted by atomic mass is 10.0. The van der Waals surface area contributed by atoms with E-state index in [1.54, 1.807) is 42.5 Å². The lowest BCUT2D eigenvalue weighted by Gasteiger charge is -2.16. The number of hydrogen-bond acceptors (Lipinski definition) is 7. The molecule has 192 valence electrons. The number of nitrogens with zero attached hydrogens (tertiary/aromatic N) is 3. The molecule has 38 heavy (non-hydrogen) atoms. The molecule has 0 saturated carbocycles. The van der Waals surface area contributed by atoms with Crippen molar-refractivity contribution in [2.45, 2.75) is 4.90 Å². The number of nitrogens with one attached hydrogen (secondary N) is 1. The predicted molar refractivity (Wildman–Crippen MR) is 141 cm³/mol. The molecule has 0 amide bonds. The number of hydrogen-bond donors (Lipinski definition) is 1. The van der Waals surface area contributed by atoms with Crippen LogP contribution >= 0.6 is 0 Å². The number of halogens is 1. The first kappa shape index (κ1) is 24.9. The average molecular weight is 533 g/mol. The smallest absolute Gasteiger partial charge is 0.263 e. The number of ether oxygens (including phenoxy) is 2. The fourth-order valence-corrected chi connectivity index (χ4v) is 5.11. The number of benzene rings is 3. The van der Waals surface area contributed by atoms with Crippen molar-refractivity contribution in [3.8, 4) is 28.3 Å². The first-order chi connectivity index (χ1) is 18.3. The van der Waals surface area contributed by atoms with E-state index in [4.69, 9.17) is 9.47 Å². The summed E-state index contributed by atoms with van der Waals surface area (Å²) >= 11 is 0. The van der Waals surface area contributed by atoms with E-state index in [0.29, 0.717) is 39.2 Å². The summed E-state index contributed by atoms with van der Waals surface area (Å²) in [6.45, 7) is 0. The van der Waals surface area contributed by atoms with E-state index in [1.807, 2.05) is 0 Å². The van der Waals surface area contributed by atoms with Gasteiger partial charge in [0.15, 0.2) is 5.82 Å². The van der Waals surface area contributed by atoms with E-state index in [9.17, 15) is 17.6 Å². The highest BCUT2D eigenvalue weighted by Gasteiger charge is 2.18. The lowest BCUT2D eigenvalue weighted by Crippen LogP contribution is -2.19. The Morgan fingerprint density at radius 2 is 1.74 bits per heavy atom. The fraction of sp³-hybridized carbons (Fsp3) is 0.0741. The van der Waals surface area contributed by atoms with E-state index < -0.39 is 15.8 Å². The minimum Gasteiger partial charge on any atom is -0.497 e. The Balaban J connectivity index is 1.59. The van der Waals surface area contributed by atoms with E-state index in [-0.39, 0.29) is 16.3 Å². The fourth-order valence-electron chi connectivity index (χ4n) is 4.08. The maximum absolute atomic E-state index is 14.1. The van der Waals surface area contributed by atoms with Crippen LogP contribution in [0.4, 0.5) is 10.2 Å². The van der Waals surface area contributed by atoms with Gasteiger partial charge >= 0.3 is 0 Å². The van der Waals surface area contributed by atoms with Crippen LogP contribution in [0.2, 0.25) is 0 Å². The average Bonchev–Trinajstić information content (AvgIpc) is 2.92. The zero-order valence-electron chi connectivity index (χ0n) is 20.3. The van der Waals surface area contributed by atoms with Gasteiger partial charge in [0.2, 0.25) is 0 Å². The number of rotatable bonds is 7. The van der Waals surface area contributed by atoms with Crippen LogP contribution in [0.1, 0.15) is 0 Å². The Kier molecular flexibility index (Phi) is 6.52. The summed E-state index contributed by atoms with van der Waals surface area (Å²) in [6, 6.07) is 19.8. The Labute approximate surface area is 217 Å². The number of fused-ring (bicyclic) bond motifs is 1. The minimum absolute atomic E-state index is 0.0109. The quantitative estimate of drug-likeness (QED) is 0.331. The van der Waals surface area contributed by atoms with Gasteiger partial charge in [0, 0.05) is 23.7 Å². The summed E-state index contributed by atoms with van der Waals surface area (Å²) in [5.41, 5.74) is 1.78. The molecule has 9 nitrogen and oxygen atoms in total. The molecular formula is C27H21FN4O5S. The maximum Gasteiger partial charge on any atom is 0.263 e. The number of anilines is 1. The first-order valence-corrected chi connectivity index (χ1v) is 12.8. The van der Waals surface area contributed by atoms with Crippen LogP contribution in [-0.2, 0) is 10.0 Å². The van der Waals surface area contributed by atoms with Gasteiger partial charge in [-0.25, -0.2) is 12.8 Å². The summed E-state index contributed by atoms with van der Waals surface area (Å²) in [5.74, 6) is 0.361. The highest BCUT2D eigenvalue weighted by Crippen LogP contribution is 2.33. The summed E-state index contributed by atoms with van der Waals surface area (Å²) in [5, 5.41) is 7.93. The molecule has 0 bridgehead atoms. The van der Waals surface area contributed by atoms with Crippen LogP contribution in [0, 0.1) is 5.82 Å². The molecule has 5 aromatic rings. The molecule has 11 heteroatoms. The van der Waals surface area contributed by atoms with Crippen molar-refractivity contribution in [2.24, 2.45) is 0 Å². The zero-order chi connectivity index (χ0) is 26.9. The summed E-state index contributed by atoms with van der Waals surface area (Å²) < 4.78 is 54.5. The largest absolute Gasteiger partial charge is 0.497 e. The molecule has 0 saturated heterocycles. The van der Waals surface area contributed by atoms with Gasteiger partial charge < -0.3 is 9.47 Å². The highest BCUT2D eigenvalue weighted by atomic mass is 32.2. The maximum atomic E-state index is 14.1. The van der Waals surface area contributed by atoms with Crippen LogP contribution in [0.5, 0.6) is 11.5 Å². The molecule has 1 N–H and O–H groups in total. The Bertz CT molecular complexity index is 1830. The van der Waals surface area contributed by atoms with E-state index >= 15 is 0 Å². The normalized spacial score (nSPS) is 11.3. The third kappa shape index (κ3) is 4.78. The van der Waals surface area contributed by atoms with Gasteiger partial charge in [-0.1, -0.05) is 6.07 Å². The van der Waals surface area contributed by atoms with Crippen LogP contribution < -0.4 is 19.8 Å². The molecule has 0 radical (unpaired) electrons. The van der Waals surface area contributed by atoms with Crippen LogP contribution in [0.3, 0.4) is 0 Å². The summed E-state index contributed by atoms with van der Waals surface area (Å²) in [4.78, 5) is 13.0. The van der Waals surface area contributed by atoms with Gasteiger partial charge in [0.05, 0.1) is 30.3 Å². The van der Waals surface area contributed by atoms with E-state index in [2.05, 4.69) is 14.9 Å². The van der Waals surface area contributed by atoms with Crippen LogP contribution in [-0.4, -0.2) is 37.4 Å². The number of methoxy groups -OCH3 is 2. The molecular weight excluding hydrogens is 511 g/mol. The first-order valence-electron chi connectivity index (χ1n) is 11.3. The zero-order valence-corrected chi connectivity index (χ0v) is 21.1. The van der Waals surface area contributed by atoms with E-state index in [1.165, 1.54) is 61.4 Å². The van der Waals surface area contributed by atoms with Crippen LogP contribution in [0.15, 0.2) is 94.7 Å². The summed E-state index contributed by atoms with van der Waals surface area (Å²) in [7, 11) is -1.03. The molecule has 0 aliphatic rings. The van der Waals surface area contributed by atoms with Crippen molar-refractivity contribution in [3.63, 3.8) is 0 Å². The van der Waals surface area contributed by atoms with Crippen molar-refractivity contribution in [3.05, 3.63) is 101 Å². The molecule has 5 rings (SSSR count). The van der Waals surface area contributed by atoms with Gasteiger partial charge in [0.1, 0.15) is 17.3 Å². The molecule has 0 unspecified atom stereocenters. The standard InChI is InChI=1S/C27H21FN4O5S/c1-36-21-13-19(12-20(28)16-21)17-5-8-24(25(15-17)37-2)32-23-9-7-22(14-18(23)6-10-27(32)33)38(34,35)31-26-4-3-11-29-30-26/h3-16H,1-2H3,(H,30,31). The molecule has 3 aromatic carbocycles. The predicted octanol–water partition coefficient (Wildman–Crippen LogP) is 4.40. The molecule has 0 fully saturated rings. The molecule has 2 aromatic heterocycles. The van der Waals surface area contributed by atoms with Gasteiger partial charge in [-0.3, -0.25) is 14.1 Å². The number of aromatic nitrogens is 3. The lowest BCUT2D eigenvalue weighted by molar-refractivity contribution is 0.411. The molecule has 0 spiro atoms. The monoisotopic (exact) mass is 532 g/mol. The number of sulfonamides is 1. The minimum atomic E-state index is -3.96. The molecule has 0 atom stereocenters. The third-order valence-corrected chi connectivity index (χ3v) is 7.20. The van der Waals surface area contributed by atoms with E-state index in [0.717, 1.165) is 0 Å². The van der Waals surface area contributed by atoms with Crippen molar-refractivity contribution < 1.29 is 22.3 Å². The topological polar surface area (TPSA) is 112 Å². The molecule has 0 aliphatic heterocycles. The van der Waals surface area contributed by atoms with Gasteiger partial charge in [-0.15, -0.1) is 5.10 Å². The van der Waals surface area contributed by atoms with Crippen LogP contribution in [0.25, 0.3) is 27.7 Å². The van der Waals surface area contributed by atoms with Gasteiger partial charge in [-0.05, 0) is 71.8 Å². The highest BCUT2D eigenvalue weighted by molar-refractivity contribution is 7.92. The molecule has 0 aliphatic carbocycles. The van der Waals surface area contributed by atoms with Gasteiger partial charge in [-0.2, -0.15) is 5.10 Å². The Hall–Kier alpha value is -4.77. The third-order valence-electron chi connectivity index (χ3n) is 5.85. The van der Waals surface area contributed by atoms with Crippen molar-refractivity contribution in [1.29, 1.82) is 0 Å². The van der Waals surface area contributed by atoms with Crippen molar-refractivity contribution in [2.75, 3.05) is 18.9 Å². The SMILES string of the molecule is COc1cc(F)cc(-c2ccc(-n3c(=O)ccc4cc(S(=O)(=O)Nc5cccnn5)ccc43)c(OC)c2)c1. The van der Waals surface area contributed by atoms with Gasteiger partial charge in [0.25, 0.3) is 15.6 Å². The second-order valence-electron chi connectivity index (χ2n) is 8.21. The van der Waals surface area contributed by atoms with Crippen molar-refractivity contribution in [1.82, 2.24) is 14.8 Å². The number of pyridine rings is 1.